The lowest BCUT2D eigenvalue weighted by Gasteiger charge is -2.34. The largest absolute Gasteiger partial charge is 0.455 e. The first-order chi connectivity index (χ1) is 31.2. The van der Waals surface area contributed by atoms with Crippen LogP contribution in [0.3, 0.4) is 0 Å². The van der Waals surface area contributed by atoms with E-state index in [1.54, 1.807) is 0 Å². The number of nitrogens with zero attached hydrogens (tertiary/aromatic N) is 1. The fourth-order valence-corrected chi connectivity index (χ4v) is 10.1. The molecule has 0 bridgehead atoms. The lowest BCUT2D eigenvalue weighted by molar-refractivity contribution is 0.670. The summed E-state index contributed by atoms with van der Waals surface area (Å²) in [6, 6.07) is 90.1. The second-order valence-corrected chi connectivity index (χ2v) is 16.4. The molecule has 0 aliphatic heterocycles. The van der Waals surface area contributed by atoms with Crippen LogP contribution in [0.5, 0.6) is 0 Å². The maximum Gasteiger partial charge on any atom is 0.143 e. The minimum atomic E-state index is -0.472. The van der Waals surface area contributed by atoms with Gasteiger partial charge in [0.15, 0.2) is 0 Å². The molecule has 0 N–H and O–H groups in total. The van der Waals surface area contributed by atoms with Crippen molar-refractivity contribution in [3.05, 3.63) is 271 Å². The fourth-order valence-electron chi connectivity index (χ4n) is 10.1. The highest BCUT2D eigenvalue weighted by molar-refractivity contribution is 6.09. The molecule has 0 unspecified atom stereocenters. The van der Waals surface area contributed by atoms with Gasteiger partial charge in [0.25, 0.3) is 0 Å². The smallest absolute Gasteiger partial charge is 0.143 e. The van der Waals surface area contributed by atoms with Gasteiger partial charge in [-0.25, -0.2) is 0 Å². The molecule has 11 aromatic rings. The average molecular weight is 804 g/mol. The van der Waals surface area contributed by atoms with Gasteiger partial charge in [-0.2, -0.15) is 0 Å². The Hall–Kier alpha value is -8.20. The van der Waals surface area contributed by atoms with Crippen LogP contribution in [-0.4, -0.2) is 0 Å². The van der Waals surface area contributed by atoms with Crippen molar-refractivity contribution in [3.8, 4) is 44.5 Å². The van der Waals surface area contributed by atoms with Gasteiger partial charge >= 0.3 is 0 Å². The fraction of sp³-hybridized carbons (Fsp3) is 0.0164. The molecule has 0 spiro atoms. The third-order valence-corrected chi connectivity index (χ3v) is 13.0. The van der Waals surface area contributed by atoms with Gasteiger partial charge in [-0.15, -0.1) is 0 Å². The highest BCUT2D eigenvalue weighted by Gasteiger charge is 2.45. The van der Waals surface area contributed by atoms with Crippen LogP contribution in [-0.2, 0) is 5.41 Å². The Labute approximate surface area is 367 Å². The molecule has 2 nitrogen and oxygen atoms in total. The van der Waals surface area contributed by atoms with E-state index in [0.717, 1.165) is 50.1 Å². The zero-order valence-electron chi connectivity index (χ0n) is 34.5. The first kappa shape index (κ1) is 36.6. The number of hydrogen-bond donors (Lipinski definition) is 0. The predicted molar refractivity (Wildman–Crippen MR) is 262 cm³/mol. The van der Waals surface area contributed by atoms with E-state index in [2.05, 4.69) is 241 Å². The second kappa shape index (κ2) is 15.1. The summed E-state index contributed by atoms with van der Waals surface area (Å²) in [5, 5.41) is 2.25. The van der Waals surface area contributed by atoms with E-state index in [1.807, 2.05) is 12.1 Å². The van der Waals surface area contributed by atoms with Gasteiger partial charge < -0.3 is 9.32 Å². The summed E-state index contributed by atoms with van der Waals surface area (Å²) < 4.78 is 6.54. The van der Waals surface area contributed by atoms with Crippen molar-refractivity contribution in [2.24, 2.45) is 0 Å². The van der Waals surface area contributed by atoms with E-state index in [1.165, 1.54) is 55.6 Å². The molecule has 0 atom stereocenters. The molecule has 1 heterocycles. The Bertz CT molecular complexity index is 3370. The van der Waals surface area contributed by atoms with Crippen molar-refractivity contribution in [1.29, 1.82) is 0 Å². The van der Waals surface area contributed by atoms with E-state index in [9.17, 15) is 0 Å². The van der Waals surface area contributed by atoms with Crippen LogP contribution in [0.2, 0.25) is 0 Å². The molecule has 1 aliphatic carbocycles. The number of fused-ring (bicyclic) bond motifs is 6. The van der Waals surface area contributed by atoms with Crippen molar-refractivity contribution in [2.75, 3.05) is 4.90 Å². The van der Waals surface area contributed by atoms with Crippen molar-refractivity contribution in [2.45, 2.75) is 5.41 Å². The zero-order valence-corrected chi connectivity index (χ0v) is 34.5. The topological polar surface area (TPSA) is 16.4 Å². The lowest BCUT2D eigenvalue weighted by Crippen LogP contribution is -2.28. The molecule has 63 heavy (non-hydrogen) atoms. The molecule has 1 aliphatic rings. The number of furan rings is 1. The van der Waals surface area contributed by atoms with Crippen LogP contribution in [0, 0.1) is 0 Å². The molecule has 296 valence electrons. The van der Waals surface area contributed by atoms with Gasteiger partial charge in [0.05, 0.1) is 5.41 Å². The van der Waals surface area contributed by atoms with Crippen molar-refractivity contribution < 1.29 is 4.42 Å². The van der Waals surface area contributed by atoms with Gasteiger partial charge in [0, 0.05) is 33.4 Å². The quantitative estimate of drug-likeness (QED) is 0.152. The highest BCUT2D eigenvalue weighted by Crippen LogP contribution is 2.56. The van der Waals surface area contributed by atoms with E-state index in [4.69, 9.17) is 4.42 Å². The summed E-state index contributed by atoms with van der Waals surface area (Å²) in [6.07, 6.45) is 0. The van der Waals surface area contributed by atoms with E-state index in [-0.39, 0.29) is 0 Å². The van der Waals surface area contributed by atoms with Crippen LogP contribution in [0.25, 0.3) is 66.4 Å². The predicted octanol–water partition coefficient (Wildman–Crippen LogP) is 16.4. The van der Waals surface area contributed by atoms with Gasteiger partial charge in [0.2, 0.25) is 0 Å². The standard InChI is InChI=1S/C61H41NO/c1-3-15-42(16-4-1)43-29-31-44(32-30-43)45-33-37-49(38-34-45)62(51-20-13-17-46(41-51)52-24-14-25-56-55-23-9-12-28-59(55)63-60(52)56)50-39-35-48(36-40-50)61(47-18-5-2-6-19-47)57-26-10-7-21-53(57)54-22-8-11-27-58(54)61/h1-41H. The third-order valence-electron chi connectivity index (χ3n) is 13.0. The van der Waals surface area contributed by atoms with Crippen LogP contribution < -0.4 is 4.90 Å². The molecule has 0 radical (unpaired) electrons. The minimum absolute atomic E-state index is 0.472. The monoisotopic (exact) mass is 803 g/mol. The second-order valence-electron chi connectivity index (χ2n) is 16.4. The molecule has 1 aromatic heterocycles. The van der Waals surface area contributed by atoms with Crippen LogP contribution in [0.15, 0.2) is 253 Å². The number of hydrogen-bond acceptors (Lipinski definition) is 2. The van der Waals surface area contributed by atoms with Crippen LogP contribution in [0.1, 0.15) is 22.3 Å². The Balaban J connectivity index is 0.991. The Morgan fingerprint density at radius 1 is 0.302 bits per heavy atom. The molecular formula is C61H41NO. The molecule has 2 heteroatoms. The van der Waals surface area contributed by atoms with Crippen molar-refractivity contribution in [1.82, 2.24) is 0 Å². The highest BCUT2D eigenvalue weighted by atomic mass is 16.3. The molecular weight excluding hydrogens is 763 g/mol. The van der Waals surface area contributed by atoms with Gasteiger partial charge in [-0.1, -0.05) is 206 Å². The number of para-hydroxylation sites is 2. The molecule has 0 saturated carbocycles. The van der Waals surface area contributed by atoms with E-state index >= 15 is 0 Å². The molecule has 12 rings (SSSR count). The summed E-state index contributed by atoms with van der Waals surface area (Å²) >= 11 is 0. The zero-order chi connectivity index (χ0) is 41.7. The van der Waals surface area contributed by atoms with Crippen LogP contribution >= 0.6 is 0 Å². The first-order valence-corrected chi connectivity index (χ1v) is 21.7. The Kier molecular flexibility index (Phi) is 8.76. The van der Waals surface area contributed by atoms with E-state index < -0.39 is 5.41 Å². The summed E-state index contributed by atoms with van der Waals surface area (Å²) in [5.74, 6) is 0. The molecule has 0 saturated heterocycles. The summed E-state index contributed by atoms with van der Waals surface area (Å²) in [5.41, 5.74) is 19.1. The van der Waals surface area contributed by atoms with Gasteiger partial charge in [-0.05, 0) is 104 Å². The van der Waals surface area contributed by atoms with Crippen molar-refractivity contribution in [3.63, 3.8) is 0 Å². The SMILES string of the molecule is c1ccc(-c2ccc(-c3ccc(N(c4ccc(C5(c6ccccc6)c6ccccc6-c6ccccc65)cc4)c4cccc(-c5cccc6c5oc5ccccc56)c4)cc3)cc2)cc1. The van der Waals surface area contributed by atoms with E-state index in [0.29, 0.717) is 0 Å². The summed E-state index contributed by atoms with van der Waals surface area (Å²) in [7, 11) is 0. The summed E-state index contributed by atoms with van der Waals surface area (Å²) in [6.45, 7) is 0. The molecule has 10 aromatic carbocycles. The summed E-state index contributed by atoms with van der Waals surface area (Å²) in [4.78, 5) is 2.38. The maximum absolute atomic E-state index is 6.54. The number of benzene rings is 10. The number of anilines is 3. The lowest BCUT2D eigenvalue weighted by atomic mass is 9.68. The maximum atomic E-state index is 6.54. The van der Waals surface area contributed by atoms with Gasteiger partial charge in [0.1, 0.15) is 11.2 Å². The third kappa shape index (κ3) is 6.02. The molecule has 0 amide bonds. The minimum Gasteiger partial charge on any atom is -0.455 e. The van der Waals surface area contributed by atoms with Crippen LogP contribution in [0.4, 0.5) is 17.1 Å². The average Bonchev–Trinajstić information content (AvgIpc) is 3.90. The first-order valence-electron chi connectivity index (χ1n) is 21.7. The Morgan fingerprint density at radius 3 is 1.43 bits per heavy atom. The van der Waals surface area contributed by atoms with Crippen molar-refractivity contribution >= 4 is 39.0 Å². The molecule has 0 fully saturated rings. The Morgan fingerprint density at radius 2 is 0.762 bits per heavy atom. The normalized spacial score (nSPS) is 12.6. The van der Waals surface area contributed by atoms with Gasteiger partial charge in [-0.3, -0.25) is 0 Å². The number of rotatable bonds is 8.